The number of hydrogen-bond acceptors (Lipinski definition) is 3. The second kappa shape index (κ2) is 5.26. The van der Waals surface area contributed by atoms with Gasteiger partial charge in [-0.05, 0) is 25.0 Å². The van der Waals surface area contributed by atoms with Crippen LogP contribution in [0, 0.1) is 18.8 Å². The Morgan fingerprint density at radius 1 is 1.47 bits per heavy atom. The Balaban J connectivity index is 2.02. The lowest BCUT2D eigenvalue weighted by Gasteiger charge is -2.17. The second-order valence-corrected chi connectivity index (χ2v) is 4.89. The lowest BCUT2D eigenvalue weighted by atomic mass is 9.99. The maximum absolute atomic E-state index is 12.1. The highest BCUT2D eigenvalue weighted by Gasteiger charge is 2.37. The number of hydrogen-bond donors (Lipinski definition) is 2. The van der Waals surface area contributed by atoms with Crippen molar-refractivity contribution in [2.24, 2.45) is 11.8 Å². The number of carbonyl (C=O) groups is 2. The van der Waals surface area contributed by atoms with Crippen LogP contribution >= 0.6 is 0 Å². The quantitative estimate of drug-likeness (QED) is 0.848. The van der Waals surface area contributed by atoms with Gasteiger partial charge in [-0.3, -0.25) is 9.78 Å². The Bertz CT molecular complexity index is 504. The Labute approximate surface area is 111 Å². The van der Waals surface area contributed by atoms with E-state index in [1.807, 2.05) is 13.8 Å². The summed E-state index contributed by atoms with van der Waals surface area (Å²) in [5, 5.41) is 11.8. The summed E-state index contributed by atoms with van der Waals surface area (Å²) < 4.78 is 0. The number of carbonyl (C=O) groups excluding carboxylic acids is 1. The summed E-state index contributed by atoms with van der Waals surface area (Å²) in [6.07, 6.45) is 1.66. The van der Waals surface area contributed by atoms with Crippen LogP contribution in [0.1, 0.15) is 12.6 Å². The molecule has 19 heavy (non-hydrogen) atoms. The molecule has 2 N–H and O–H groups in total. The monoisotopic (exact) mass is 263 g/mol. The Morgan fingerprint density at radius 3 is 2.79 bits per heavy atom. The summed E-state index contributed by atoms with van der Waals surface area (Å²) in [7, 11) is 0. The standard InChI is InChI=1S/C13H17N3O3/c1-8-6-16(7-10(8)12(17)18)13(19)15-11-4-3-5-14-9(11)2/h3-5,8,10H,6-7H2,1-2H3,(H,15,19)(H,17,18)/t8-,10-/m1/s1. The highest BCUT2D eigenvalue weighted by molar-refractivity contribution is 5.90. The molecule has 0 spiro atoms. The predicted molar refractivity (Wildman–Crippen MR) is 69.9 cm³/mol. The van der Waals surface area contributed by atoms with E-state index in [4.69, 9.17) is 5.11 Å². The summed E-state index contributed by atoms with van der Waals surface area (Å²) >= 11 is 0. The van der Waals surface area contributed by atoms with Gasteiger partial charge in [0.05, 0.1) is 17.3 Å². The van der Waals surface area contributed by atoms with Crippen LogP contribution in [-0.2, 0) is 4.79 Å². The van der Waals surface area contributed by atoms with Gasteiger partial charge in [0.15, 0.2) is 0 Å². The van der Waals surface area contributed by atoms with Crippen molar-refractivity contribution in [2.45, 2.75) is 13.8 Å². The molecular weight excluding hydrogens is 246 g/mol. The SMILES string of the molecule is Cc1ncccc1NC(=O)N1C[C@@H](C)[C@H](C(=O)O)C1. The number of aryl methyl sites for hydroxylation is 1. The van der Waals surface area contributed by atoms with Gasteiger partial charge in [0.2, 0.25) is 0 Å². The summed E-state index contributed by atoms with van der Waals surface area (Å²) in [5.41, 5.74) is 1.39. The van der Waals surface area contributed by atoms with Crippen molar-refractivity contribution >= 4 is 17.7 Å². The van der Waals surface area contributed by atoms with Gasteiger partial charge < -0.3 is 15.3 Å². The van der Waals surface area contributed by atoms with Crippen molar-refractivity contribution in [2.75, 3.05) is 18.4 Å². The smallest absolute Gasteiger partial charge is 0.321 e. The average Bonchev–Trinajstić information content (AvgIpc) is 2.74. The zero-order chi connectivity index (χ0) is 14.0. The van der Waals surface area contributed by atoms with E-state index in [0.717, 1.165) is 5.69 Å². The van der Waals surface area contributed by atoms with Gasteiger partial charge in [0.1, 0.15) is 0 Å². The van der Waals surface area contributed by atoms with Gasteiger partial charge in [-0.25, -0.2) is 4.79 Å². The number of anilines is 1. The molecule has 1 aromatic rings. The van der Waals surface area contributed by atoms with Crippen LogP contribution in [0.3, 0.4) is 0 Å². The fraction of sp³-hybridized carbons (Fsp3) is 0.462. The minimum absolute atomic E-state index is 0.0294. The minimum atomic E-state index is -0.847. The summed E-state index contributed by atoms with van der Waals surface area (Å²) in [6, 6.07) is 3.25. The molecule has 0 unspecified atom stereocenters. The topological polar surface area (TPSA) is 82.5 Å². The third-order valence-electron chi connectivity index (χ3n) is 3.47. The molecule has 6 heteroatoms. The highest BCUT2D eigenvalue weighted by atomic mass is 16.4. The Morgan fingerprint density at radius 2 is 2.21 bits per heavy atom. The number of rotatable bonds is 2. The minimum Gasteiger partial charge on any atom is -0.481 e. The number of amides is 2. The largest absolute Gasteiger partial charge is 0.481 e. The first kappa shape index (κ1) is 13.3. The van der Waals surface area contributed by atoms with Crippen molar-refractivity contribution in [3.63, 3.8) is 0 Å². The van der Waals surface area contributed by atoms with Crippen LogP contribution in [0.15, 0.2) is 18.3 Å². The summed E-state index contributed by atoms with van der Waals surface area (Å²) in [6.45, 7) is 4.37. The third kappa shape index (κ3) is 2.83. The lowest BCUT2D eigenvalue weighted by molar-refractivity contribution is -0.142. The summed E-state index contributed by atoms with van der Waals surface area (Å²) in [5.74, 6) is -1.36. The van der Waals surface area contributed by atoms with Crippen molar-refractivity contribution in [3.8, 4) is 0 Å². The summed E-state index contributed by atoms with van der Waals surface area (Å²) in [4.78, 5) is 28.7. The van der Waals surface area contributed by atoms with Crippen LogP contribution in [0.25, 0.3) is 0 Å². The van der Waals surface area contributed by atoms with E-state index in [1.54, 1.807) is 18.3 Å². The highest BCUT2D eigenvalue weighted by Crippen LogP contribution is 2.24. The number of urea groups is 1. The zero-order valence-electron chi connectivity index (χ0n) is 11.0. The van der Waals surface area contributed by atoms with Crippen LogP contribution in [0.2, 0.25) is 0 Å². The van der Waals surface area contributed by atoms with E-state index >= 15 is 0 Å². The van der Waals surface area contributed by atoms with Crippen molar-refractivity contribution in [1.29, 1.82) is 0 Å². The average molecular weight is 263 g/mol. The maximum atomic E-state index is 12.1. The molecule has 1 aliphatic rings. The van der Waals surface area contributed by atoms with Crippen molar-refractivity contribution < 1.29 is 14.7 Å². The first-order valence-corrected chi connectivity index (χ1v) is 6.19. The molecule has 0 radical (unpaired) electrons. The number of aromatic nitrogens is 1. The molecule has 1 aliphatic heterocycles. The number of nitrogens with zero attached hydrogens (tertiary/aromatic N) is 2. The molecule has 6 nitrogen and oxygen atoms in total. The number of aliphatic carboxylic acids is 1. The van der Waals surface area contributed by atoms with Crippen LogP contribution in [0.4, 0.5) is 10.5 Å². The van der Waals surface area contributed by atoms with E-state index in [1.165, 1.54) is 4.90 Å². The lowest BCUT2D eigenvalue weighted by Crippen LogP contribution is -2.34. The molecule has 2 amide bonds. The Hall–Kier alpha value is -2.11. The third-order valence-corrected chi connectivity index (χ3v) is 3.47. The fourth-order valence-electron chi connectivity index (χ4n) is 2.26. The maximum Gasteiger partial charge on any atom is 0.321 e. The van der Waals surface area contributed by atoms with Gasteiger partial charge in [-0.2, -0.15) is 0 Å². The predicted octanol–water partition coefficient (Wildman–Crippen LogP) is 1.57. The fourth-order valence-corrected chi connectivity index (χ4v) is 2.26. The number of likely N-dealkylation sites (tertiary alicyclic amines) is 1. The normalized spacial score (nSPS) is 22.3. The van der Waals surface area contributed by atoms with Gasteiger partial charge >= 0.3 is 12.0 Å². The second-order valence-electron chi connectivity index (χ2n) is 4.89. The molecular formula is C13H17N3O3. The first-order valence-electron chi connectivity index (χ1n) is 6.19. The van der Waals surface area contributed by atoms with Gasteiger partial charge in [-0.15, -0.1) is 0 Å². The van der Waals surface area contributed by atoms with Crippen LogP contribution < -0.4 is 5.32 Å². The number of carboxylic acids is 1. The molecule has 0 aliphatic carbocycles. The number of carboxylic acid groups (broad SMARTS) is 1. The molecule has 1 fully saturated rings. The first-order chi connectivity index (χ1) is 8.99. The van der Waals surface area contributed by atoms with E-state index in [0.29, 0.717) is 12.2 Å². The molecule has 2 heterocycles. The van der Waals surface area contributed by atoms with Gasteiger partial charge in [0.25, 0.3) is 0 Å². The van der Waals surface area contributed by atoms with E-state index < -0.39 is 11.9 Å². The molecule has 0 saturated carbocycles. The number of pyridine rings is 1. The molecule has 1 aromatic heterocycles. The molecule has 2 atom stereocenters. The molecule has 102 valence electrons. The van der Waals surface area contributed by atoms with E-state index in [-0.39, 0.29) is 18.5 Å². The van der Waals surface area contributed by atoms with E-state index in [9.17, 15) is 9.59 Å². The molecule has 2 rings (SSSR count). The molecule has 1 saturated heterocycles. The van der Waals surface area contributed by atoms with Gasteiger partial charge in [-0.1, -0.05) is 6.92 Å². The molecule has 0 aromatic carbocycles. The van der Waals surface area contributed by atoms with Gasteiger partial charge in [0, 0.05) is 19.3 Å². The van der Waals surface area contributed by atoms with Crippen molar-refractivity contribution in [3.05, 3.63) is 24.0 Å². The Kier molecular flexibility index (Phi) is 3.69. The van der Waals surface area contributed by atoms with Crippen LogP contribution in [0.5, 0.6) is 0 Å². The molecule has 0 bridgehead atoms. The number of nitrogens with one attached hydrogen (secondary N) is 1. The van der Waals surface area contributed by atoms with Crippen LogP contribution in [-0.4, -0.2) is 40.1 Å². The van der Waals surface area contributed by atoms with Crippen molar-refractivity contribution in [1.82, 2.24) is 9.88 Å². The zero-order valence-corrected chi connectivity index (χ0v) is 11.0. The van der Waals surface area contributed by atoms with E-state index in [2.05, 4.69) is 10.3 Å².